The van der Waals surface area contributed by atoms with Crippen LogP contribution in [0.2, 0.25) is 0 Å². The smallest absolute Gasteiger partial charge is 0.229 e. The SMILES string of the molecule is C=C(C)[C@@H]1CC[C@]2(C(=O)N3CCOCC3)CC[C@]3(C)[C@H](CC[C@@H]4[C@@]5(C)Cc6cn[nH]c6[C@@](C)(CO)[C@@H]5CC[C@]43C)[C@@H]12. The topological polar surface area (TPSA) is 78.5 Å². The van der Waals surface area contributed by atoms with Crippen LogP contribution < -0.4 is 0 Å². The average Bonchev–Trinajstić information content (AvgIpc) is 3.59. The molecule has 0 radical (unpaired) electrons. The number of carbonyl (C=O) groups excluding carboxylic acids is 1. The molecule has 6 aliphatic rings. The molecule has 1 amide bonds. The maximum Gasteiger partial charge on any atom is 0.229 e. The Hall–Kier alpha value is -1.66. The first kappa shape index (κ1) is 28.1. The summed E-state index contributed by atoms with van der Waals surface area (Å²) in [5.74, 6) is 2.84. The number of aliphatic hydroxyl groups is 1. The normalized spacial score (nSPS) is 48.8. The summed E-state index contributed by atoms with van der Waals surface area (Å²) in [5.41, 5.74) is 3.78. The number of nitrogens with zero attached hydrogens (tertiary/aromatic N) is 2. The molecule has 1 aliphatic heterocycles. The predicted molar refractivity (Wildman–Crippen MR) is 160 cm³/mol. The molecule has 0 spiro atoms. The van der Waals surface area contributed by atoms with Gasteiger partial charge in [0.15, 0.2) is 0 Å². The lowest BCUT2D eigenvalue weighted by Gasteiger charge is -2.72. The van der Waals surface area contributed by atoms with Gasteiger partial charge in [0.2, 0.25) is 5.91 Å². The third kappa shape index (κ3) is 3.44. The molecule has 4 saturated carbocycles. The molecule has 41 heavy (non-hydrogen) atoms. The Morgan fingerprint density at radius 1 is 1.05 bits per heavy atom. The summed E-state index contributed by atoms with van der Waals surface area (Å²) in [5, 5.41) is 18.6. The third-order valence-corrected chi connectivity index (χ3v) is 15.0. The fourth-order valence-electron chi connectivity index (χ4n) is 13.0. The number of aromatic nitrogens is 2. The summed E-state index contributed by atoms with van der Waals surface area (Å²) in [4.78, 5) is 16.7. The van der Waals surface area contributed by atoms with E-state index in [0.29, 0.717) is 48.7 Å². The molecule has 1 aromatic heterocycles. The molecule has 0 bridgehead atoms. The maximum atomic E-state index is 14.5. The molecule has 1 saturated heterocycles. The molecule has 0 unspecified atom stereocenters. The number of hydrogen-bond donors (Lipinski definition) is 2. The van der Waals surface area contributed by atoms with Gasteiger partial charge in [0, 0.05) is 24.2 Å². The van der Waals surface area contributed by atoms with Crippen LogP contribution in [0.25, 0.3) is 0 Å². The number of aromatic amines is 1. The van der Waals surface area contributed by atoms with E-state index in [2.05, 4.69) is 56.3 Å². The highest BCUT2D eigenvalue weighted by molar-refractivity contribution is 5.84. The lowest BCUT2D eigenvalue weighted by Crippen LogP contribution is -2.68. The number of hydrogen-bond acceptors (Lipinski definition) is 4. The van der Waals surface area contributed by atoms with E-state index in [1.165, 1.54) is 36.1 Å². The molecule has 2 N–H and O–H groups in total. The minimum Gasteiger partial charge on any atom is -0.395 e. The van der Waals surface area contributed by atoms with Crippen molar-refractivity contribution in [2.75, 3.05) is 32.9 Å². The first-order valence-electron chi connectivity index (χ1n) is 16.6. The van der Waals surface area contributed by atoms with Crippen molar-refractivity contribution in [3.05, 3.63) is 29.6 Å². The fourth-order valence-corrected chi connectivity index (χ4v) is 13.0. The highest BCUT2D eigenvalue weighted by Gasteiger charge is 2.72. The van der Waals surface area contributed by atoms with Crippen molar-refractivity contribution in [3.8, 4) is 0 Å². The van der Waals surface area contributed by atoms with Gasteiger partial charge < -0.3 is 14.7 Å². The molecule has 2 heterocycles. The van der Waals surface area contributed by atoms with Crippen LogP contribution in [0.15, 0.2) is 18.3 Å². The minimum absolute atomic E-state index is 0.122. The quantitative estimate of drug-likeness (QED) is 0.448. The second-order valence-corrected chi connectivity index (χ2v) is 16.3. The van der Waals surface area contributed by atoms with Gasteiger partial charge in [0.05, 0.1) is 31.4 Å². The van der Waals surface area contributed by atoms with E-state index in [0.717, 1.165) is 51.6 Å². The molecule has 6 nitrogen and oxygen atoms in total. The zero-order chi connectivity index (χ0) is 29.0. The number of fused-ring (bicyclic) bond motifs is 8. The van der Waals surface area contributed by atoms with Crippen molar-refractivity contribution in [1.29, 1.82) is 0 Å². The molecule has 6 heteroatoms. The van der Waals surface area contributed by atoms with Crippen LogP contribution in [0.4, 0.5) is 0 Å². The molecule has 1 aromatic rings. The molecular formula is C35H53N3O3. The third-order valence-electron chi connectivity index (χ3n) is 15.0. The van der Waals surface area contributed by atoms with E-state index in [1.807, 2.05) is 6.20 Å². The Balaban J connectivity index is 1.28. The van der Waals surface area contributed by atoms with Gasteiger partial charge in [0.25, 0.3) is 0 Å². The van der Waals surface area contributed by atoms with E-state index < -0.39 is 0 Å². The molecule has 226 valence electrons. The Labute approximate surface area is 247 Å². The van der Waals surface area contributed by atoms with Gasteiger partial charge in [-0.1, -0.05) is 39.8 Å². The van der Waals surface area contributed by atoms with Crippen LogP contribution in [-0.2, 0) is 21.4 Å². The van der Waals surface area contributed by atoms with E-state index in [-0.39, 0.29) is 33.7 Å². The minimum atomic E-state index is -0.277. The number of nitrogens with one attached hydrogen (secondary N) is 1. The van der Waals surface area contributed by atoms with Gasteiger partial charge in [0.1, 0.15) is 0 Å². The summed E-state index contributed by atoms with van der Waals surface area (Å²) in [7, 11) is 0. The zero-order valence-electron chi connectivity index (χ0n) is 26.2. The van der Waals surface area contributed by atoms with Crippen molar-refractivity contribution in [2.24, 2.45) is 51.2 Å². The van der Waals surface area contributed by atoms with Crippen LogP contribution >= 0.6 is 0 Å². The Morgan fingerprint density at radius 2 is 1.80 bits per heavy atom. The zero-order valence-corrected chi connectivity index (χ0v) is 26.2. The standard InChI is InChI=1S/C35H53N3O3/c1-22(2)24-9-12-35(30(40)38-15-17-41-18-16-38)14-13-33(5)25(28(24)35)7-8-27-31(3)19-23-20-36-37-29(23)32(4,21-39)26(31)10-11-34(27,33)6/h20,24-28,39H,1,7-19,21H2,2-6H3,(H,36,37)/t24-,25+,26+,27+,28+,31-,32-,33+,34+,35-/m0/s1. The van der Waals surface area contributed by atoms with Crippen LogP contribution in [-0.4, -0.2) is 59.0 Å². The highest BCUT2D eigenvalue weighted by Crippen LogP contribution is 2.77. The number of amides is 1. The summed E-state index contributed by atoms with van der Waals surface area (Å²) in [6, 6.07) is 0. The van der Waals surface area contributed by atoms with Gasteiger partial charge >= 0.3 is 0 Å². The number of aliphatic hydroxyl groups excluding tert-OH is 1. The van der Waals surface area contributed by atoms with Crippen molar-refractivity contribution in [2.45, 2.75) is 97.8 Å². The second-order valence-electron chi connectivity index (χ2n) is 16.3. The van der Waals surface area contributed by atoms with Crippen molar-refractivity contribution in [3.63, 3.8) is 0 Å². The number of allylic oxidation sites excluding steroid dienone is 1. The number of rotatable bonds is 3. The maximum absolute atomic E-state index is 14.5. The van der Waals surface area contributed by atoms with E-state index >= 15 is 0 Å². The Bertz CT molecular complexity index is 1240. The van der Waals surface area contributed by atoms with Crippen LogP contribution in [0, 0.1) is 51.2 Å². The average molecular weight is 564 g/mol. The number of ether oxygens (including phenoxy) is 1. The van der Waals surface area contributed by atoms with Crippen molar-refractivity contribution in [1.82, 2.24) is 15.1 Å². The lowest BCUT2D eigenvalue weighted by atomic mass is 9.32. The molecule has 7 rings (SSSR count). The molecule has 10 atom stereocenters. The van der Waals surface area contributed by atoms with Crippen molar-refractivity contribution >= 4 is 5.91 Å². The van der Waals surface area contributed by atoms with E-state index in [1.54, 1.807) is 0 Å². The summed E-state index contributed by atoms with van der Waals surface area (Å²) in [6.45, 7) is 19.9. The fraction of sp³-hybridized carbons (Fsp3) is 0.829. The molecule has 5 fully saturated rings. The van der Waals surface area contributed by atoms with Gasteiger partial charge in [-0.25, -0.2) is 0 Å². The predicted octanol–water partition coefficient (Wildman–Crippen LogP) is 5.91. The van der Waals surface area contributed by atoms with Crippen LogP contribution in [0.5, 0.6) is 0 Å². The Morgan fingerprint density at radius 3 is 2.51 bits per heavy atom. The highest BCUT2D eigenvalue weighted by atomic mass is 16.5. The summed E-state index contributed by atoms with van der Waals surface area (Å²) < 4.78 is 5.64. The molecule has 5 aliphatic carbocycles. The largest absolute Gasteiger partial charge is 0.395 e. The number of morpholine rings is 1. The first-order chi connectivity index (χ1) is 19.5. The van der Waals surface area contributed by atoms with Gasteiger partial charge in [-0.15, -0.1) is 0 Å². The number of carbonyl (C=O) groups is 1. The van der Waals surface area contributed by atoms with E-state index in [4.69, 9.17) is 4.74 Å². The number of H-pyrrole nitrogens is 1. The molecular weight excluding hydrogens is 510 g/mol. The van der Waals surface area contributed by atoms with Crippen LogP contribution in [0.3, 0.4) is 0 Å². The summed E-state index contributed by atoms with van der Waals surface area (Å²) >= 11 is 0. The van der Waals surface area contributed by atoms with Crippen molar-refractivity contribution < 1.29 is 14.6 Å². The molecule has 0 aromatic carbocycles. The second kappa shape index (κ2) is 9.17. The first-order valence-corrected chi connectivity index (χ1v) is 16.6. The van der Waals surface area contributed by atoms with Crippen LogP contribution in [0.1, 0.15) is 97.2 Å². The Kier molecular flexibility index (Phi) is 6.29. The van der Waals surface area contributed by atoms with E-state index in [9.17, 15) is 9.90 Å². The lowest BCUT2D eigenvalue weighted by molar-refractivity contribution is -0.229. The van der Waals surface area contributed by atoms with Gasteiger partial charge in [-0.05, 0) is 116 Å². The van der Waals surface area contributed by atoms with Gasteiger partial charge in [-0.2, -0.15) is 5.10 Å². The summed E-state index contributed by atoms with van der Waals surface area (Å²) in [6.07, 6.45) is 12.2. The monoisotopic (exact) mass is 563 g/mol. The van der Waals surface area contributed by atoms with Gasteiger partial charge in [-0.3, -0.25) is 9.89 Å².